The van der Waals surface area contributed by atoms with Crippen molar-refractivity contribution in [1.82, 2.24) is 4.98 Å². The topological polar surface area (TPSA) is 62.3 Å². The number of para-hydroxylation sites is 1. The van der Waals surface area contributed by atoms with Crippen molar-refractivity contribution >= 4 is 16.9 Å². The van der Waals surface area contributed by atoms with E-state index in [0.717, 1.165) is 53.9 Å². The highest BCUT2D eigenvalue weighted by atomic mass is 19.4. The molecule has 174 valence electrons. The van der Waals surface area contributed by atoms with Gasteiger partial charge in [-0.1, -0.05) is 43.2 Å². The summed E-state index contributed by atoms with van der Waals surface area (Å²) in [6.45, 7) is 0. The van der Waals surface area contributed by atoms with Crippen LogP contribution in [0, 0.1) is 5.92 Å². The summed E-state index contributed by atoms with van der Waals surface area (Å²) in [6.07, 6.45) is -0.884. The number of ether oxygens (including phenoxy) is 1. The van der Waals surface area contributed by atoms with Gasteiger partial charge < -0.3 is 14.8 Å². The summed E-state index contributed by atoms with van der Waals surface area (Å²) in [6, 6.07) is 13.2. The molecule has 1 heterocycles. The highest BCUT2D eigenvalue weighted by Crippen LogP contribution is 2.51. The standard InChI is InChI=1S/C26H26F3NO3/c27-26(28,29)18-9-5-8-16(12-18)25(15-6-1-2-7-15)33-21-13-17(14-22(31)32)24-23(21)19-10-3-4-11-20(19)30-24/h3-5,8-12,15,17,21,25,30H,1-2,6-7,13-14H2,(H,31,32)/t17?,21-,25?/m1/s1. The molecule has 3 aromatic rings. The zero-order valence-electron chi connectivity index (χ0n) is 18.1. The predicted molar refractivity (Wildman–Crippen MR) is 118 cm³/mol. The monoisotopic (exact) mass is 457 g/mol. The molecule has 1 saturated carbocycles. The van der Waals surface area contributed by atoms with Crippen molar-refractivity contribution in [3.05, 3.63) is 70.9 Å². The number of nitrogens with one attached hydrogen (secondary N) is 1. The molecule has 0 aliphatic heterocycles. The van der Waals surface area contributed by atoms with Gasteiger partial charge in [0.05, 0.1) is 24.2 Å². The fraction of sp³-hybridized carbons (Fsp3) is 0.423. The molecule has 0 spiro atoms. The lowest BCUT2D eigenvalue weighted by Crippen LogP contribution is -2.17. The van der Waals surface area contributed by atoms with Crippen molar-refractivity contribution < 1.29 is 27.8 Å². The fourth-order valence-corrected chi connectivity index (χ4v) is 5.66. The van der Waals surface area contributed by atoms with E-state index in [1.54, 1.807) is 6.07 Å². The molecule has 7 heteroatoms. The average molecular weight is 457 g/mol. The third-order valence-electron chi connectivity index (χ3n) is 7.11. The molecule has 2 unspecified atom stereocenters. The molecule has 0 radical (unpaired) electrons. The van der Waals surface area contributed by atoms with Gasteiger partial charge in [-0.05, 0) is 48.9 Å². The Morgan fingerprint density at radius 2 is 1.88 bits per heavy atom. The minimum atomic E-state index is -4.42. The predicted octanol–water partition coefficient (Wildman–Crippen LogP) is 7.14. The number of aromatic nitrogens is 1. The maximum Gasteiger partial charge on any atom is 0.416 e. The lowest BCUT2D eigenvalue weighted by molar-refractivity contribution is -0.138. The van der Waals surface area contributed by atoms with Gasteiger partial charge in [0, 0.05) is 28.1 Å². The van der Waals surface area contributed by atoms with Gasteiger partial charge in [-0.3, -0.25) is 4.79 Å². The Bertz CT molecular complexity index is 1160. The summed E-state index contributed by atoms with van der Waals surface area (Å²) < 4.78 is 46.9. The molecule has 1 fully saturated rings. The van der Waals surface area contributed by atoms with Gasteiger partial charge in [0.25, 0.3) is 0 Å². The van der Waals surface area contributed by atoms with Crippen molar-refractivity contribution in [2.45, 2.75) is 62.8 Å². The van der Waals surface area contributed by atoms with Crippen molar-refractivity contribution in [2.75, 3.05) is 0 Å². The third kappa shape index (κ3) is 4.26. The van der Waals surface area contributed by atoms with E-state index < -0.39 is 23.8 Å². The summed E-state index contributed by atoms with van der Waals surface area (Å²) in [5, 5.41) is 10.4. The van der Waals surface area contributed by atoms with E-state index in [-0.39, 0.29) is 24.4 Å². The van der Waals surface area contributed by atoms with Crippen molar-refractivity contribution in [3.8, 4) is 0 Å². The van der Waals surface area contributed by atoms with Crippen LogP contribution in [0.2, 0.25) is 0 Å². The Labute approximate surface area is 189 Å². The number of rotatable bonds is 6. The minimum absolute atomic E-state index is 0.0165. The van der Waals surface area contributed by atoms with Gasteiger partial charge in [0.1, 0.15) is 0 Å². The number of aromatic amines is 1. The van der Waals surface area contributed by atoms with Crippen molar-refractivity contribution in [2.24, 2.45) is 5.92 Å². The first-order valence-electron chi connectivity index (χ1n) is 11.5. The van der Waals surface area contributed by atoms with E-state index in [2.05, 4.69) is 4.98 Å². The van der Waals surface area contributed by atoms with Gasteiger partial charge in [0.15, 0.2) is 0 Å². The number of carboxylic acid groups (broad SMARTS) is 1. The number of aliphatic carboxylic acids is 1. The van der Waals surface area contributed by atoms with E-state index in [4.69, 9.17) is 4.74 Å². The van der Waals surface area contributed by atoms with Gasteiger partial charge in [-0.2, -0.15) is 13.2 Å². The molecule has 2 aliphatic carbocycles. The van der Waals surface area contributed by atoms with E-state index in [1.807, 2.05) is 24.3 Å². The van der Waals surface area contributed by atoms with Crippen LogP contribution in [-0.4, -0.2) is 16.1 Å². The molecule has 5 rings (SSSR count). The fourth-order valence-electron chi connectivity index (χ4n) is 5.66. The summed E-state index contributed by atoms with van der Waals surface area (Å²) in [5.74, 6) is -0.961. The zero-order chi connectivity index (χ0) is 23.2. The second-order valence-electron chi connectivity index (χ2n) is 9.24. The van der Waals surface area contributed by atoms with Gasteiger partial charge in [-0.25, -0.2) is 0 Å². The summed E-state index contributed by atoms with van der Waals surface area (Å²) >= 11 is 0. The van der Waals surface area contributed by atoms with Crippen LogP contribution >= 0.6 is 0 Å². The number of alkyl halides is 3. The smallest absolute Gasteiger partial charge is 0.416 e. The maximum atomic E-state index is 13.4. The Morgan fingerprint density at radius 1 is 1.12 bits per heavy atom. The zero-order valence-corrected chi connectivity index (χ0v) is 18.1. The van der Waals surface area contributed by atoms with Gasteiger partial charge in [0.2, 0.25) is 0 Å². The number of benzene rings is 2. The average Bonchev–Trinajstić information content (AvgIpc) is 3.49. The summed E-state index contributed by atoms with van der Waals surface area (Å²) in [4.78, 5) is 14.9. The molecular formula is C26H26F3NO3. The number of H-pyrrole nitrogens is 1. The number of hydrogen-bond donors (Lipinski definition) is 2. The number of carboxylic acids is 1. The van der Waals surface area contributed by atoms with Crippen LogP contribution in [0.3, 0.4) is 0 Å². The first-order valence-corrected chi connectivity index (χ1v) is 11.5. The second kappa shape index (κ2) is 8.52. The van der Waals surface area contributed by atoms with Crippen LogP contribution in [0.5, 0.6) is 0 Å². The molecule has 0 saturated heterocycles. The largest absolute Gasteiger partial charge is 0.481 e. The Hall–Kier alpha value is -2.80. The van der Waals surface area contributed by atoms with Crippen LogP contribution in [0.4, 0.5) is 13.2 Å². The molecule has 4 nitrogen and oxygen atoms in total. The molecule has 3 atom stereocenters. The first kappa shape index (κ1) is 22.0. The normalized spacial score (nSPS) is 22.0. The Balaban J connectivity index is 1.53. The summed E-state index contributed by atoms with van der Waals surface area (Å²) in [5.41, 5.74) is 2.61. The van der Waals surface area contributed by atoms with Crippen LogP contribution < -0.4 is 0 Å². The quantitative estimate of drug-likeness (QED) is 0.414. The SMILES string of the molecule is O=C(O)CC1C[C@@H](OC(c2cccc(C(F)(F)F)c2)C2CCCC2)c2c1[nH]c1ccccc21. The molecule has 2 N–H and O–H groups in total. The molecule has 1 aromatic heterocycles. The van der Waals surface area contributed by atoms with Crippen LogP contribution in [-0.2, 0) is 15.7 Å². The van der Waals surface area contributed by atoms with E-state index >= 15 is 0 Å². The van der Waals surface area contributed by atoms with Crippen molar-refractivity contribution in [1.29, 1.82) is 0 Å². The third-order valence-corrected chi connectivity index (χ3v) is 7.11. The highest BCUT2D eigenvalue weighted by molar-refractivity contribution is 5.86. The first-order chi connectivity index (χ1) is 15.8. The maximum absolute atomic E-state index is 13.4. The number of carbonyl (C=O) groups is 1. The van der Waals surface area contributed by atoms with E-state index in [1.165, 1.54) is 12.1 Å². The Kier molecular flexibility index (Phi) is 5.69. The van der Waals surface area contributed by atoms with Crippen LogP contribution in [0.1, 0.15) is 79.0 Å². The number of fused-ring (bicyclic) bond motifs is 3. The molecule has 0 bridgehead atoms. The van der Waals surface area contributed by atoms with Crippen LogP contribution in [0.25, 0.3) is 10.9 Å². The molecular weight excluding hydrogens is 431 g/mol. The van der Waals surface area contributed by atoms with E-state index in [0.29, 0.717) is 12.0 Å². The second-order valence-corrected chi connectivity index (χ2v) is 9.24. The molecule has 0 amide bonds. The summed E-state index contributed by atoms with van der Waals surface area (Å²) in [7, 11) is 0. The van der Waals surface area contributed by atoms with E-state index in [9.17, 15) is 23.1 Å². The lowest BCUT2D eigenvalue weighted by atomic mass is 9.92. The molecule has 33 heavy (non-hydrogen) atoms. The highest BCUT2D eigenvalue weighted by Gasteiger charge is 2.40. The van der Waals surface area contributed by atoms with Crippen molar-refractivity contribution in [3.63, 3.8) is 0 Å². The van der Waals surface area contributed by atoms with Gasteiger partial charge in [-0.15, -0.1) is 0 Å². The number of hydrogen-bond acceptors (Lipinski definition) is 2. The lowest BCUT2D eigenvalue weighted by Gasteiger charge is -2.29. The van der Waals surface area contributed by atoms with Crippen LogP contribution in [0.15, 0.2) is 48.5 Å². The Morgan fingerprint density at radius 3 is 2.61 bits per heavy atom. The minimum Gasteiger partial charge on any atom is -0.481 e. The molecule has 2 aliphatic rings. The van der Waals surface area contributed by atoms with Gasteiger partial charge >= 0.3 is 12.1 Å². The molecule has 2 aromatic carbocycles. The number of halogens is 3.